The van der Waals surface area contributed by atoms with Crippen molar-refractivity contribution in [2.24, 2.45) is 12.8 Å². The van der Waals surface area contributed by atoms with Gasteiger partial charge in [0.1, 0.15) is 5.54 Å². The van der Waals surface area contributed by atoms with Crippen LogP contribution < -0.4 is 11.1 Å². The van der Waals surface area contributed by atoms with Gasteiger partial charge >= 0.3 is 0 Å². The molecule has 1 amide bonds. The summed E-state index contributed by atoms with van der Waals surface area (Å²) in [5.74, 6) is -0.219. The Morgan fingerprint density at radius 2 is 2.10 bits per heavy atom. The molecule has 106 valence electrons. The molecule has 0 fully saturated rings. The van der Waals surface area contributed by atoms with Crippen LogP contribution in [-0.4, -0.2) is 15.7 Å². The lowest BCUT2D eigenvalue weighted by molar-refractivity contribution is -0.126. The summed E-state index contributed by atoms with van der Waals surface area (Å²) in [4.78, 5) is 12.3. The number of carbonyl (C=O) groups is 1. The van der Waals surface area contributed by atoms with Gasteiger partial charge in [-0.05, 0) is 24.6 Å². The SMILES string of the molecule is Cn1cc(CNC(=O)C(C)(N)c2ccc(Br)cc2)cn1. The second-order valence-electron chi connectivity index (χ2n) is 4.91. The average Bonchev–Trinajstić information content (AvgIpc) is 2.82. The summed E-state index contributed by atoms with van der Waals surface area (Å²) in [6, 6.07) is 7.42. The predicted molar refractivity (Wildman–Crippen MR) is 80.7 cm³/mol. The largest absolute Gasteiger partial charge is 0.350 e. The van der Waals surface area contributed by atoms with Crippen molar-refractivity contribution in [1.82, 2.24) is 15.1 Å². The number of nitrogens with zero attached hydrogens (tertiary/aromatic N) is 2. The van der Waals surface area contributed by atoms with E-state index in [9.17, 15) is 4.79 Å². The summed E-state index contributed by atoms with van der Waals surface area (Å²) in [5.41, 5.74) is 6.79. The zero-order valence-corrected chi connectivity index (χ0v) is 13.0. The Kier molecular flexibility index (Phi) is 4.25. The number of hydrogen-bond acceptors (Lipinski definition) is 3. The Bertz CT molecular complexity index is 604. The number of hydrogen-bond donors (Lipinski definition) is 2. The molecule has 0 spiro atoms. The monoisotopic (exact) mass is 336 g/mol. The molecule has 1 heterocycles. The fourth-order valence-electron chi connectivity index (χ4n) is 1.86. The number of aryl methyl sites for hydroxylation is 1. The Morgan fingerprint density at radius 1 is 1.45 bits per heavy atom. The Balaban J connectivity index is 2.05. The summed E-state index contributed by atoms with van der Waals surface area (Å²) in [6.45, 7) is 2.12. The van der Waals surface area contributed by atoms with E-state index >= 15 is 0 Å². The molecule has 1 aromatic carbocycles. The molecule has 6 heteroatoms. The number of benzene rings is 1. The fraction of sp³-hybridized carbons (Fsp3) is 0.286. The van der Waals surface area contributed by atoms with Crippen LogP contribution in [0.2, 0.25) is 0 Å². The van der Waals surface area contributed by atoms with Crippen LogP contribution >= 0.6 is 15.9 Å². The lowest BCUT2D eigenvalue weighted by atomic mass is 9.92. The van der Waals surface area contributed by atoms with E-state index in [4.69, 9.17) is 5.73 Å². The van der Waals surface area contributed by atoms with Crippen molar-refractivity contribution in [3.05, 3.63) is 52.3 Å². The van der Waals surface area contributed by atoms with Gasteiger partial charge in [-0.25, -0.2) is 0 Å². The van der Waals surface area contributed by atoms with Crippen molar-refractivity contribution in [2.45, 2.75) is 19.0 Å². The normalized spacial score (nSPS) is 13.8. The predicted octanol–water partition coefficient (Wildman–Crippen LogP) is 1.67. The van der Waals surface area contributed by atoms with Gasteiger partial charge in [0, 0.05) is 29.8 Å². The van der Waals surface area contributed by atoms with Crippen molar-refractivity contribution in [1.29, 1.82) is 0 Å². The fourth-order valence-corrected chi connectivity index (χ4v) is 2.12. The first-order valence-electron chi connectivity index (χ1n) is 6.20. The van der Waals surface area contributed by atoms with Gasteiger partial charge in [-0.1, -0.05) is 28.1 Å². The molecule has 0 radical (unpaired) electrons. The minimum absolute atomic E-state index is 0.219. The van der Waals surface area contributed by atoms with Crippen LogP contribution in [0.4, 0.5) is 0 Å². The van der Waals surface area contributed by atoms with Gasteiger partial charge in [0.15, 0.2) is 0 Å². The summed E-state index contributed by atoms with van der Waals surface area (Å²) < 4.78 is 2.64. The van der Waals surface area contributed by atoms with Crippen molar-refractivity contribution in [3.63, 3.8) is 0 Å². The molecule has 1 unspecified atom stereocenters. The minimum atomic E-state index is -1.07. The number of rotatable bonds is 4. The van der Waals surface area contributed by atoms with E-state index < -0.39 is 5.54 Å². The van der Waals surface area contributed by atoms with Crippen molar-refractivity contribution in [3.8, 4) is 0 Å². The third kappa shape index (κ3) is 3.26. The van der Waals surface area contributed by atoms with Crippen molar-refractivity contribution >= 4 is 21.8 Å². The van der Waals surface area contributed by atoms with Crippen LogP contribution in [-0.2, 0) is 23.9 Å². The molecular weight excluding hydrogens is 320 g/mol. The molecular formula is C14H17BrN4O. The second-order valence-corrected chi connectivity index (χ2v) is 5.83. The van der Waals surface area contributed by atoms with Gasteiger partial charge in [-0.2, -0.15) is 5.10 Å². The van der Waals surface area contributed by atoms with Gasteiger partial charge in [0.2, 0.25) is 5.91 Å². The zero-order chi connectivity index (χ0) is 14.8. The summed E-state index contributed by atoms with van der Waals surface area (Å²) in [7, 11) is 1.83. The lowest BCUT2D eigenvalue weighted by Crippen LogP contribution is -2.48. The minimum Gasteiger partial charge on any atom is -0.350 e. The number of amides is 1. The third-order valence-corrected chi connectivity index (χ3v) is 3.66. The molecule has 2 rings (SSSR count). The first kappa shape index (κ1) is 14.7. The zero-order valence-electron chi connectivity index (χ0n) is 11.4. The summed E-state index contributed by atoms with van der Waals surface area (Å²) in [6.07, 6.45) is 3.57. The van der Waals surface area contributed by atoms with Gasteiger partial charge in [0.25, 0.3) is 0 Å². The Labute approximate surface area is 126 Å². The van der Waals surface area contributed by atoms with E-state index in [2.05, 4.69) is 26.3 Å². The van der Waals surface area contributed by atoms with E-state index in [1.165, 1.54) is 0 Å². The smallest absolute Gasteiger partial charge is 0.244 e. The van der Waals surface area contributed by atoms with Crippen LogP contribution in [0.5, 0.6) is 0 Å². The Morgan fingerprint density at radius 3 is 2.65 bits per heavy atom. The number of aromatic nitrogens is 2. The summed E-state index contributed by atoms with van der Waals surface area (Å²) >= 11 is 3.36. The number of nitrogens with one attached hydrogen (secondary N) is 1. The topological polar surface area (TPSA) is 72.9 Å². The van der Waals surface area contributed by atoms with E-state index in [1.807, 2.05) is 37.5 Å². The van der Waals surface area contributed by atoms with Crippen LogP contribution in [0, 0.1) is 0 Å². The molecule has 0 bridgehead atoms. The molecule has 0 aliphatic carbocycles. The lowest BCUT2D eigenvalue weighted by Gasteiger charge is -2.24. The first-order chi connectivity index (χ1) is 9.39. The standard InChI is InChI=1S/C14H17BrN4O/c1-14(16,11-3-5-12(15)6-4-11)13(20)17-7-10-8-18-19(2)9-10/h3-6,8-9H,7,16H2,1-2H3,(H,17,20). The molecule has 0 saturated heterocycles. The van der Waals surface area contributed by atoms with Crippen molar-refractivity contribution in [2.75, 3.05) is 0 Å². The van der Waals surface area contributed by atoms with Gasteiger partial charge in [-0.15, -0.1) is 0 Å². The molecule has 1 aromatic heterocycles. The highest BCUT2D eigenvalue weighted by atomic mass is 79.9. The Hall–Kier alpha value is -1.66. The highest BCUT2D eigenvalue weighted by Crippen LogP contribution is 2.20. The average molecular weight is 337 g/mol. The molecule has 0 aliphatic rings. The maximum absolute atomic E-state index is 12.3. The number of carbonyl (C=O) groups excluding carboxylic acids is 1. The quantitative estimate of drug-likeness (QED) is 0.891. The van der Waals surface area contributed by atoms with Gasteiger partial charge in [0.05, 0.1) is 6.20 Å². The van der Waals surface area contributed by atoms with E-state index in [0.717, 1.165) is 15.6 Å². The van der Waals surface area contributed by atoms with Crippen LogP contribution in [0.3, 0.4) is 0 Å². The van der Waals surface area contributed by atoms with Crippen LogP contribution in [0.25, 0.3) is 0 Å². The van der Waals surface area contributed by atoms with E-state index in [1.54, 1.807) is 17.8 Å². The van der Waals surface area contributed by atoms with Crippen molar-refractivity contribution < 1.29 is 4.79 Å². The molecule has 2 aromatic rings. The number of nitrogens with two attached hydrogens (primary N) is 1. The first-order valence-corrected chi connectivity index (χ1v) is 6.99. The van der Waals surface area contributed by atoms with E-state index in [0.29, 0.717) is 6.54 Å². The summed E-state index contributed by atoms with van der Waals surface area (Å²) in [5, 5.41) is 6.89. The molecule has 3 N–H and O–H groups in total. The van der Waals surface area contributed by atoms with Gasteiger partial charge < -0.3 is 11.1 Å². The highest BCUT2D eigenvalue weighted by molar-refractivity contribution is 9.10. The molecule has 5 nitrogen and oxygen atoms in total. The highest BCUT2D eigenvalue weighted by Gasteiger charge is 2.30. The third-order valence-electron chi connectivity index (χ3n) is 3.13. The van der Waals surface area contributed by atoms with Crippen LogP contribution in [0.15, 0.2) is 41.1 Å². The maximum Gasteiger partial charge on any atom is 0.244 e. The van der Waals surface area contributed by atoms with Gasteiger partial charge in [-0.3, -0.25) is 9.48 Å². The second kappa shape index (κ2) is 5.76. The van der Waals surface area contributed by atoms with E-state index in [-0.39, 0.29) is 5.91 Å². The maximum atomic E-state index is 12.3. The molecule has 1 atom stereocenters. The number of halogens is 1. The molecule has 0 saturated carbocycles. The van der Waals surface area contributed by atoms with Crippen LogP contribution in [0.1, 0.15) is 18.1 Å². The molecule has 0 aliphatic heterocycles. The molecule has 20 heavy (non-hydrogen) atoms.